The highest BCUT2D eigenvalue weighted by Crippen LogP contribution is 2.27. The minimum Gasteiger partial charge on any atom is -0.448 e. The molecule has 158 valence electrons. The summed E-state index contributed by atoms with van der Waals surface area (Å²) in [6, 6.07) is 5.51. The number of carbonyl (C=O) groups is 1. The molecule has 4 aromatic heterocycles. The number of aryl methyl sites for hydroxylation is 1. The quantitative estimate of drug-likeness (QED) is 0.537. The molecule has 5 heterocycles. The lowest BCUT2D eigenvalue weighted by molar-refractivity contribution is 0.102. The number of hydrogen-bond donors (Lipinski definition) is 1. The summed E-state index contributed by atoms with van der Waals surface area (Å²) < 4.78 is 7.22. The number of rotatable bonds is 4. The van der Waals surface area contributed by atoms with Crippen LogP contribution in [0.15, 0.2) is 41.3 Å². The number of pyridine rings is 2. The molecule has 5 rings (SSSR count). The molecule has 1 N–H and O–H groups in total. The van der Waals surface area contributed by atoms with Gasteiger partial charge in [-0.05, 0) is 45.1 Å². The molecule has 1 amide bonds. The lowest BCUT2D eigenvalue weighted by atomic mass is 9.97. The molecule has 0 aliphatic carbocycles. The van der Waals surface area contributed by atoms with Crippen molar-refractivity contribution in [2.24, 2.45) is 7.05 Å². The van der Waals surface area contributed by atoms with Crippen molar-refractivity contribution in [1.29, 1.82) is 0 Å². The van der Waals surface area contributed by atoms with Crippen LogP contribution in [0.5, 0.6) is 0 Å². The Morgan fingerprint density at radius 3 is 2.77 bits per heavy atom. The number of anilines is 1. The fourth-order valence-corrected chi connectivity index (χ4v) is 3.71. The van der Waals surface area contributed by atoms with E-state index in [1.165, 1.54) is 6.26 Å². The van der Waals surface area contributed by atoms with Gasteiger partial charge in [-0.25, -0.2) is 15.0 Å². The van der Waals surface area contributed by atoms with E-state index in [0.717, 1.165) is 31.3 Å². The van der Waals surface area contributed by atoms with Gasteiger partial charge in [0.1, 0.15) is 17.8 Å². The van der Waals surface area contributed by atoms with Gasteiger partial charge in [-0.1, -0.05) is 5.21 Å². The maximum atomic E-state index is 12.7. The van der Waals surface area contributed by atoms with Crippen molar-refractivity contribution in [1.82, 2.24) is 34.8 Å². The first kappa shape index (κ1) is 19.3. The van der Waals surface area contributed by atoms with Gasteiger partial charge >= 0.3 is 0 Å². The number of amides is 1. The highest BCUT2D eigenvalue weighted by Gasteiger charge is 2.24. The first-order chi connectivity index (χ1) is 15.0. The van der Waals surface area contributed by atoms with E-state index >= 15 is 0 Å². The molecule has 1 aliphatic rings. The van der Waals surface area contributed by atoms with Crippen molar-refractivity contribution in [2.45, 2.75) is 18.8 Å². The van der Waals surface area contributed by atoms with Crippen LogP contribution in [-0.2, 0) is 7.05 Å². The molecule has 0 unspecified atom stereocenters. The zero-order valence-corrected chi connectivity index (χ0v) is 17.3. The van der Waals surface area contributed by atoms with Gasteiger partial charge in [0.05, 0.1) is 17.4 Å². The van der Waals surface area contributed by atoms with Gasteiger partial charge in [0, 0.05) is 30.6 Å². The van der Waals surface area contributed by atoms with Crippen LogP contribution in [0.1, 0.15) is 35.1 Å². The van der Waals surface area contributed by atoms with Crippen LogP contribution in [0.25, 0.3) is 22.3 Å². The lowest BCUT2D eigenvalue weighted by Gasteiger charge is -2.26. The maximum absolute atomic E-state index is 12.7. The molecule has 0 bridgehead atoms. The van der Waals surface area contributed by atoms with Crippen molar-refractivity contribution in [3.05, 3.63) is 48.4 Å². The number of likely N-dealkylation sites (tertiary alicyclic amines) is 1. The Bertz CT molecular complexity index is 1240. The Morgan fingerprint density at radius 2 is 2.00 bits per heavy atom. The first-order valence-corrected chi connectivity index (χ1v) is 10.1. The van der Waals surface area contributed by atoms with Gasteiger partial charge in [-0.2, -0.15) is 0 Å². The average molecular weight is 418 g/mol. The third-order valence-corrected chi connectivity index (χ3v) is 5.50. The summed E-state index contributed by atoms with van der Waals surface area (Å²) in [6.45, 7) is 2.00. The summed E-state index contributed by atoms with van der Waals surface area (Å²) >= 11 is 0. The Morgan fingerprint density at radius 1 is 1.16 bits per heavy atom. The molecule has 0 atom stereocenters. The van der Waals surface area contributed by atoms with Crippen LogP contribution >= 0.6 is 0 Å². The molecule has 10 heteroatoms. The smallest absolute Gasteiger partial charge is 0.278 e. The van der Waals surface area contributed by atoms with Crippen molar-refractivity contribution >= 4 is 22.6 Å². The third kappa shape index (κ3) is 4.02. The molecule has 0 spiro atoms. The van der Waals surface area contributed by atoms with Crippen LogP contribution in [0.4, 0.5) is 5.82 Å². The predicted octanol–water partition coefficient (Wildman–Crippen LogP) is 2.47. The number of nitrogens with one attached hydrogen (secondary N) is 1. The third-order valence-electron chi connectivity index (χ3n) is 5.50. The molecule has 0 saturated carbocycles. The number of aromatic nitrogens is 6. The minimum absolute atomic E-state index is 0.247. The number of nitrogens with zero attached hydrogens (tertiary/aromatic N) is 7. The highest BCUT2D eigenvalue weighted by molar-refractivity contribution is 6.02. The first-order valence-electron chi connectivity index (χ1n) is 10.1. The summed E-state index contributed by atoms with van der Waals surface area (Å²) in [5.74, 6) is 0.908. The highest BCUT2D eigenvalue weighted by atomic mass is 16.3. The predicted molar refractivity (Wildman–Crippen MR) is 113 cm³/mol. The zero-order valence-electron chi connectivity index (χ0n) is 17.3. The van der Waals surface area contributed by atoms with Crippen LogP contribution in [0.3, 0.4) is 0 Å². The van der Waals surface area contributed by atoms with Gasteiger partial charge in [0.25, 0.3) is 5.91 Å². The van der Waals surface area contributed by atoms with E-state index in [4.69, 9.17) is 4.42 Å². The fourth-order valence-electron chi connectivity index (χ4n) is 3.71. The van der Waals surface area contributed by atoms with Gasteiger partial charge in [0.15, 0.2) is 11.6 Å². The summed E-state index contributed by atoms with van der Waals surface area (Å²) in [5.41, 5.74) is 2.32. The molecule has 4 aromatic rings. The van der Waals surface area contributed by atoms with E-state index in [9.17, 15) is 4.79 Å². The summed E-state index contributed by atoms with van der Waals surface area (Å²) in [6.07, 6.45) is 6.83. The summed E-state index contributed by atoms with van der Waals surface area (Å²) in [5, 5.41) is 11.7. The van der Waals surface area contributed by atoms with E-state index in [2.05, 4.69) is 42.5 Å². The Kier molecular flexibility index (Phi) is 4.91. The van der Waals surface area contributed by atoms with E-state index in [0.29, 0.717) is 28.6 Å². The number of hydrogen-bond acceptors (Lipinski definition) is 8. The summed E-state index contributed by atoms with van der Waals surface area (Å²) in [7, 11) is 3.91. The number of carbonyl (C=O) groups excluding carboxylic acids is 1. The standard InChI is InChI=1S/C21H22N8O2/c1-28-7-5-13(6-8-28)21-24-18(12-31-21)20(30)25-19-9-16-14(10-22-19)3-4-15(23-16)17-11-29(2)27-26-17/h3-4,9-13H,5-8H2,1-2H3,(H,22,25,30). The number of piperidine rings is 1. The maximum Gasteiger partial charge on any atom is 0.278 e. The molecule has 31 heavy (non-hydrogen) atoms. The van der Waals surface area contributed by atoms with Crippen molar-refractivity contribution < 1.29 is 9.21 Å². The average Bonchev–Trinajstić information content (AvgIpc) is 3.43. The van der Waals surface area contributed by atoms with Crippen LogP contribution in [0, 0.1) is 0 Å². The molecule has 0 aromatic carbocycles. The van der Waals surface area contributed by atoms with Crippen LogP contribution in [0.2, 0.25) is 0 Å². The van der Waals surface area contributed by atoms with Crippen LogP contribution < -0.4 is 5.32 Å². The summed E-state index contributed by atoms with van der Waals surface area (Å²) in [4.78, 5) is 28.3. The lowest BCUT2D eigenvalue weighted by Crippen LogP contribution is -2.29. The van der Waals surface area contributed by atoms with E-state index in [1.807, 2.05) is 12.1 Å². The number of oxazole rings is 1. The van der Waals surface area contributed by atoms with E-state index in [-0.39, 0.29) is 17.5 Å². The normalized spacial score (nSPS) is 15.4. The topological polar surface area (TPSA) is 115 Å². The molecule has 1 aliphatic heterocycles. The van der Waals surface area contributed by atoms with Gasteiger partial charge in [-0.15, -0.1) is 5.10 Å². The Balaban J connectivity index is 1.33. The molecular weight excluding hydrogens is 396 g/mol. The Hall–Kier alpha value is -3.66. The molecule has 10 nitrogen and oxygen atoms in total. The molecule has 1 fully saturated rings. The number of fused-ring (bicyclic) bond motifs is 1. The zero-order chi connectivity index (χ0) is 21.4. The second kappa shape index (κ2) is 7.88. The van der Waals surface area contributed by atoms with Crippen molar-refractivity contribution in [2.75, 3.05) is 25.5 Å². The largest absolute Gasteiger partial charge is 0.448 e. The van der Waals surface area contributed by atoms with Gasteiger partial charge in [0.2, 0.25) is 0 Å². The van der Waals surface area contributed by atoms with Crippen molar-refractivity contribution in [3.63, 3.8) is 0 Å². The van der Waals surface area contributed by atoms with Gasteiger partial charge in [-0.3, -0.25) is 9.48 Å². The second-order valence-corrected chi connectivity index (χ2v) is 7.84. The van der Waals surface area contributed by atoms with Gasteiger partial charge < -0.3 is 14.6 Å². The van der Waals surface area contributed by atoms with Crippen molar-refractivity contribution in [3.8, 4) is 11.4 Å². The second-order valence-electron chi connectivity index (χ2n) is 7.84. The van der Waals surface area contributed by atoms with Crippen LogP contribution in [-0.4, -0.2) is 60.9 Å². The SMILES string of the molecule is CN1CCC(c2nc(C(=O)Nc3cc4nc(-c5cn(C)nn5)ccc4cn3)co2)CC1. The molecule has 1 saturated heterocycles. The minimum atomic E-state index is -0.361. The monoisotopic (exact) mass is 418 g/mol. The fraction of sp³-hybridized carbons (Fsp3) is 0.333. The molecular formula is C21H22N8O2. The van der Waals surface area contributed by atoms with E-state index in [1.54, 1.807) is 30.2 Å². The Labute approximate surface area is 178 Å². The van der Waals surface area contributed by atoms with E-state index < -0.39 is 0 Å². The molecule has 0 radical (unpaired) electrons.